The van der Waals surface area contributed by atoms with Gasteiger partial charge in [0.1, 0.15) is 5.75 Å². The number of aromatic hydroxyl groups is 1. The zero-order valence-corrected chi connectivity index (χ0v) is 19.1. The molecule has 5 aromatic rings. The van der Waals surface area contributed by atoms with Gasteiger partial charge < -0.3 is 10.0 Å². The number of rotatable bonds is 7. The molecule has 5 aromatic carbocycles. The van der Waals surface area contributed by atoms with E-state index in [1.54, 1.807) is 12.1 Å². The van der Waals surface area contributed by atoms with Crippen molar-refractivity contribution in [1.29, 1.82) is 0 Å². The van der Waals surface area contributed by atoms with E-state index >= 15 is 0 Å². The maximum Gasteiger partial charge on any atom is 0.115 e. The van der Waals surface area contributed by atoms with Crippen LogP contribution in [-0.4, -0.2) is 11.3 Å². The molecule has 0 aromatic heterocycles. The fraction of sp³-hybridized carbons (Fsp3) is 0. The van der Waals surface area contributed by atoms with Crippen LogP contribution in [0.5, 0.6) is 5.75 Å². The van der Waals surface area contributed by atoms with Crippen molar-refractivity contribution in [3.8, 4) is 5.75 Å². The third kappa shape index (κ3) is 5.23. The molecule has 0 unspecified atom stereocenters. The van der Waals surface area contributed by atoms with Crippen molar-refractivity contribution in [2.24, 2.45) is 5.10 Å². The normalized spacial score (nSPS) is 10.9. The van der Waals surface area contributed by atoms with Crippen LogP contribution in [0.2, 0.25) is 0 Å². The van der Waals surface area contributed by atoms with Gasteiger partial charge in [0, 0.05) is 17.1 Å². The highest BCUT2D eigenvalue weighted by Crippen LogP contribution is 2.35. The van der Waals surface area contributed by atoms with E-state index in [-0.39, 0.29) is 5.75 Å². The first kappa shape index (κ1) is 22.0. The summed E-state index contributed by atoms with van der Waals surface area (Å²) in [5, 5.41) is 16.5. The lowest BCUT2D eigenvalue weighted by molar-refractivity contribution is 0.475. The standard InChI is InChI=1S/C31H25N3O/c35-31-22-20-28(21-23-31)33(26-10-4-1-5-11-26)27-18-16-25(17-19-27)24-32-34(29-12-6-2-7-13-29)30-14-8-3-9-15-30/h1-24,35H. The topological polar surface area (TPSA) is 39.1 Å². The lowest BCUT2D eigenvalue weighted by Gasteiger charge is -2.25. The Balaban J connectivity index is 1.45. The summed E-state index contributed by atoms with van der Waals surface area (Å²) >= 11 is 0. The molecule has 0 bridgehead atoms. The van der Waals surface area contributed by atoms with E-state index in [0.29, 0.717) is 0 Å². The predicted octanol–water partition coefficient (Wildman–Crippen LogP) is 8.03. The number of para-hydroxylation sites is 3. The van der Waals surface area contributed by atoms with Crippen LogP contribution in [0.15, 0.2) is 145 Å². The summed E-state index contributed by atoms with van der Waals surface area (Å²) in [6.07, 6.45) is 1.87. The summed E-state index contributed by atoms with van der Waals surface area (Å²) in [5.41, 5.74) is 6.00. The monoisotopic (exact) mass is 455 g/mol. The largest absolute Gasteiger partial charge is 0.508 e. The van der Waals surface area contributed by atoms with Crippen LogP contribution in [0.4, 0.5) is 28.4 Å². The van der Waals surface area contributed by atoms with Crippen molar-refractivity contribution in [3.05, 3.63) is 145 Å². The highest BCUT2D eigenvalue weighted by molar-refractivity contribution is 5.84. The third-order valence-electron chi connectivity index (χ3n) is 5.60. The predicted molar refractivity (Wildman–Crippen MR) is 145 cm³/mol. The van der Waals surface area contributed by atoms with Gasteiger partial charge in [-0.3, -0.25) is 0 Å². The Morgan fingerprint density at radius 2 is 0.857 bits per heavy atom. The van der Waals surface area contributed by atoms with Gasteiger partial charge in [-0.1, -0.05) is 66.7 Å². The molecule has 0 heterocycles. The van der Waals surface area contributed by atoms with Crippen LogP contribution in [0.1, 0.15) is 5.56 Å². The minimum absolute atomic E-state index is 0.245. The zero-order chi connectivity index (χ0) is 23.9. The molecule has 0 aliphatic rings. The Labute approximate surface area is 205 Å². The molecule has 4 heteroatoms. The average Bonchev–Trinajstić information content (AvgIpc) is 2.93. The first-order valence-electron chi connectivity index (χ1n) is 11.5. The molecule has 0 saturated heterocycles. The van der Waals surface area contributed by atoms with Gasteiger partial charge in [-0.05, 0) is 78.4 Å². The van der Waals surface area contributed by atoms with Gasteiger partial charge in [0.25, 0.3) is 0 Å². The Kier molecular flexibility index (Phi) is 6.54. The van der Waals surface area contributed by atoms with Crippen LogP contribution < -0.4 is 9.91 Å². The molecule has 0 spiro atoms. The lowest BCUT2D eigenvalue weighted by Crippen LogP contribution is -2.10. The van der Waals surface area contributed by atoms with Crippen molar-refractivity contribution in [3.63, 3.8) is 0 Å². The molecule has 0 radical (unpaired) electrons. The van der Waals surface area contributed by atoms with Crippen molar-refractivity contribution < 1.29 is 5.11 Å². The number of phenolic OH excluding ortho intramolecular Hbond substituents is 1. The molecule has 0 amide bonds. The summed E-state index contributed by atoms with van der Waals surface area (Å²) in [7, 11) is 0. The van der Waals surface area contributed by atoms with Crippen molar-refractivity contribution in [2.45, 2.75) is 0 Å². The molecular formula is C31H25N3O. The van der Waals surface area contributed by atoms with Crippen LogP contribution >= 0.6 is 0 Å². The summed E-state index contributed by atoms with van der Waals surface area (Å²) < 4.78 is 0. The fourth-order valence-corrected chi connectivity index (χ4v) is 3.88. The van der Waals surface area contributed by atoms with E-state index in [4.69, 9.17) is 5.10 Å². The summed E-state index contributed by atoms with van der Waals surface area (Å²) in [5.74, 6) is 0.245. The molecular weight excluding hydrogens is 430 g/mol. The van der Waals surface area contributed by atoms with E-state index in [0.717, 1.165) is 34.0 Å². The highest BCUT2D eigenvalue weighted by atomic mass is 16.3. The minimum Gasteiger partial charge on any atom is -0.508 e. The summed E-state index contributed by atoms with van der Waals surface area (Å²) in [4.78, 5) is 2.15. The zero-order valence-electron chi connectivity index (χ0n) is 19.1. The SMILES string of the molecule is Oc1ccc(N(c2ccccc2)c2ccc(C=NN(c3ccccc3)c3ccccc3)cc2)cc1. The second kappa shape index (κ2) is 10.4. The molecule has 0 aliphatic heterocycles. The Morgan fingerprint density at radius 3 is 1.34 bits per heavy atom. The van der Waals surface area contributed by atoms with Gasteiger partial charge in [0.15, 0.2) is 0 Å². The maximum atomic E-state index is 9.75. The number of benzene rings is 5. The number of hydrogen-bond acceptors (Lipinski definition) is 4. The molecule has 35 heavy (non-hydrogen) atoms. The van der Waals surface area contributed by atoms with Crippen LogP contribution in [0.25, 0.3) is 0 Å². The molecule has 0 fully saturated rings. The quantitative estimate of drug-likeness (QED) is 0.199. The Bertz CT molecular complexity index is 1330. The summed E-state index contributed by atoms with van der Waals surface area (Å²) in [6.45, 7) is 0. The third-order valence-corrected chi connectivity index (χ3v) is 5.60. The first-order valence-corrected chi connectivity index (χ1v) is 11.5. The number of nitrogens with zero attached hydrogens (tertiary/aromatic N) is 3. The maximum absolute atomic E-state index is 9.75. The van der Waals surface area contributed by atoms with Crippen LogP contribution in [-0.2, 0) is 0 Å². The van der Waals surface area contributed by atoms with Crippen LogP contribution in [0.3, 0.4) is 0 Å². The fourth-order valence-electron chi connectivity index (χ4n) is 3.88. The van der Waals surface area contributed by atoms with Gasteiger partial charge in [-0.25, -0.2) is 5.01 Å². The molecule has 0 aliphatic carbocycles. The molecule has 0 saturated carbocycles. The van der Waals surface area contributed by atoms with Crippen molar-refractivity contribution in [2.75, 3.05) is 9.91 Å². The number of phenols is 1. The molecule has 0 atom stereocenters. The second-order valence-electron chi connectivity index (χ2n) is 8.01. The van der Waals surface area contributed by atoms with E-state index < -0.39 is 0 Å². The van der Waals surface area contributed by atoms with E-state index in [9.17, 15) is 5.11 Å². The van der Waals surface area contributed by atoms with Gasteiger partial charge in [-0.2, -0.15) is 5.10 Å². The molecule has 170 valence electrons. The van der Waals surface area contributed by atoms with E-state index in [1.165, 1.54) is 0 Å². The molecule has 5 rings (SSSR count). The molecule has 1 N–H and O–H groups in total. The molecule has 4 nitrogen and oxygen atoms in total. The lowest BCUT2D eigenvalue weighted by atomic mass is 10.1. The van der Waals surface area contributed by atoms with E-state index in [1.807, 2.05) is 102 Å². The highest BCUT2D eigenvalue weighted by Gasteiger charge is 2.12. The van der Waals surface area contributed by atoms with Crippen LogP contribution in [0, 0.1) is 0 Å². The second-order valence-corrected chi connectivity index (χ2v) is 8.01. The smallest absolute Gasteiger partial charge is 0.115 e. The Morgan fingerprint density at radius 1 is 0.457 bits per heavy atom. The van der Waals surface area contributed by atoms with Crippen molar-refractivity contribution >= 4 is 34.7 Å². The van der Waals surface area contributed by atoms with Crippen molar-refractivity contribution in [1.82, 2.24) is 0 Å². The van der Waals surface area contributed by atoms with Gasteiger partial charge in [0.2, 0.25) is 0 Å². The average molecular weight is 456 g/mol. The Hall–Kier alpha value is -4.83. The van der Waals surface area contributed by atoms with Gasteiger partial charge in [0.05, 0.1) is 17.6 Å². The summed E-state index contributed by atoms with van der Waals surface area (Å²) in [6, 6.07) is 45.9. The van der Waals surface area contributed by atoms with Gasteiger partial charge in [-0.15, -0.1) is 0 Å². The van der Waals surface area contributed by atoms with E-state index in [2.05, 4.69) is 41.3 Å². The number of anilines is 5. The number of hydrazone groups is 1. The first-order chi connectivity index (χ1) is 17.3. The minimum atomic E-state index is 0.245. The van der Waals surface area contributed by atoms with Gasteiger partial charge >= 0.3 is 0 Å². The number of hydrogen-bond donors (Lipinski definition) is 1.